The van der Waals surface area contributed by atoms with Crippen molar-refractivity contribution in [1.29, 1.82) is 0 Å². The molecule has 0 amide bonds. The minimum atomic E-state index is 0.702. The molecule has 0 aliphatic heterocycles. The second-order valence-corrected chi connectivity index (χ2v) is 4.34. The van der Waals surface area contributed by atoms with Crippen LogP contribution in [0.1, 0.15) is 31.2 Å². The number of hydrogen-bond acceptors (Lipinski definition) is 3. The van der Waals surface area contributed by atoms with E-state index in [2.05, 4.69) is 4.98 Å². The van der Waals surface area contributed by atoms with Gasteiger partial charge in [-0.3, -0.25) is 0 Å². The predicted molar refractivity (Wildman–Crippen MR) is 60.8 cm³/mol. The van der Waals surface area contributed by atoms with Crippen molar-refractivity contribution in [3.8, 4) is 5.88 Å². The molecule has 3 heteroatoms. The Labute approximate surface area is 90.7 Å². The second kappa shape index (κ2) is 4.51. The summed E-state index contributed by atoms with van der Waals surface area (Å²) in [6.07, 6.45) is 6.96. The van der Waals surface area contributed by atoms with E-state index in [0.717, 1.165) is 23.8 Å². The third-order valence-corrected chi connectivity index (χ3v) is 3.07. The third kappa shape index (κ3) is 2.61. The lowest BCUT2D eigenvalue weighted by atomic mass is 10.1. The van der Waals surface area contributed by atoms with Crippen molar-refractivity contribution in [3.63, 3.8) is 0 Å². The number of hydrogen-bond donors (Lipinski definition) is 1. The van der Waals surface area contributed by atoms with Crippen molar-refractivity contribution >= 4 is 5.69 Å². The monoisotopic (exact) mass is 206 g/mol. The molecule has 1 aromatic rings. The van der Waals surface area contributed by atoms with Crippen molar-refractivity contribution in [2.24, 2.45) is 5.92 Å². The molecule has 0 atom stereocenters. The van der Waals surface area contributed by atoms with Crippen molar-refractivity contribution in [1.82, 2.24) is 4.98 Å². The first kappa shape index (κ1) is 10.3. The lowest BCUT2D eigenvalue weighted by molar-refractivity contribution is 0.243. The van der Waals surface area contributed by atoms with Crippen LogP contribution in [-0.2, 0) is 0 Å². The Bertz CT molecular complexity index is 332. The average Bonchev–Trinajstić information content (AvgIpc) is 2.73. The largest absolute Gasteiger partial charge is 0.477 e. The van der Waals surface area contributed by atoms with Crippen LogP contribution in [0, 0.1) is 12.8 Å². The van der Waals surface area contributed by atoms with E-state index in [0.29, 0.717) is 5.88 Å². The Balaban J connectivity index is 1.90. The summed E-state index contributed by atoms with van der Waals surface area (Å²) >= 11 is 0. The van der Waals surface area contributed by atoms with Crippen molar-refractivity contribution < 1.29 is 4.74 Å². The van der Waals surface area contributed by atoms with Gasteiger partial charge in [0.1, 0.15) is 0 Å². The molecule has 0 bridgehead atoms. The summed E-state index contributed by atoms with van der Waals surface area (Å²) in [5, 5.41) is 0. The number of nitrogens with zero attached hydrogens (tertiary/aromatic N) is 1. The fraction of sp³-hybridized carbons (Fsp3) is 0.583. The van der Waals surface area contributed by atoms with Crippen LogP contribution < -0.4 is 10.5 Å². The summed E-state index contributed by atoms with van der Waals surface area (Å²) in [5.41, 5.74) is 7.45. The lowest BCUT2D eigenvalue weighted by Crippen LogP contribution is -2.09. The van der Waals surface area contributed by atoms with E-state index < -0.39 is 0 Å². The first-order valence-electron chi connectivity index (χ1n) is 5.60. The molecule has 0 radical (unpaired) electrons. The van der Waals surface area contributed by atoms with Crippen LogP contribution in [0.5, 0.6) is 5.88 Å². The molecule has 2 N–H and O–H groups in total. The average molecular weight is 206 g/mol. The van der Waals surface area contributed by atoms with E-state index in [1.807, 2.05) is 13.0 Å². The van der Waals surface area contributed by atoms with Crippen LogP contribution in [0.25, 0.3) is 0 Å². The van der Waals surface area contributed by atoms with E-state index in [1.54, 1.807) is 6.20 Å². The van der Waals surface area contributed by atoms with Gasteiger partial charge in [0.25, 0.3) is 0 Å². The molecule has 1 heterocycles. The van der Waals surface area contributed by atoms with E-state index in [9.17, 15) is 0 Å². The number of rotatable bonds is 3. The van der Waals surface area contributed by atoms with Crippen LogP contribution in [0.3, 0.4) is 0 Å². The van der Waals surface area contributed by atoms with Crippen molar-refractivity contribution in [2.75, 3.05) is 12.3 Å². The first-order chi connectivity index (χ1) is 7.25. The lowest BCUT2D eigenvalue weighted by Gasteiger charge is -2.11. The number of aromatic nitrogens is 1. The van der Waals surface area contributed by atoms with Gasteiger partial charge < -0.3 is 10.5 Å². The van der Waals surface area contributed by atoms with E-state index >= 15 is 0 Å². The molecule has 0 saturated heterocycles. The summed E-state index contributed by atoms with van der Waals surface area (Å²) in [7, 11) is 0. The molecule has 0 spiro atoms. The molecular weight excluding hydrogens is 188 g/mol. The quantitative estimate of drug-likeness (QED) is 0.826. The number of nitrogen functional groups attached to an aromatic ring is 1. The Morgan fingerprint density at radius 1 is 1.47 bits per heavy atom. The predicted octanol–water partition coefficient (Wildman–Crippen LogP) is 2.54. The molecule has 1 fully saturated rings. The molecular formula is C12H18N2O. The fourth-order valence-corrected chi connectivity index (χ4v) is 2.00. The van der Waals surface area contributed by atoms with Crippen LogP contribution in [0.4, 0.5) is 5.69 Å². The Morgan fingerprint density at radius 2 is 2.20 bits per heavy atom. The highest BCUT2D eigenvalue weighted by atomic mass is 16.5. The molecule has 0 aromatic carbocycles. The molecule has 1 aromatic heterocycles. The van der Waals surface area contributed by atoms with E-state index in [1.165, 1.54) is 25.7 Å². The number of ether oxygens (including phenoxy) is 1. The van der Waals surface area contributed by atoms with Gasteiger partial charge in [0.2, 0.25) is 5.88 Å². The van der Waals surface area contributed by atoms with Gasteiger partial charge in [-0.25, -0.2) is 4.98 Å². The van der Waals surface area contributed by atoms with Gasteiger partial charge in [-0.2, -0.15) is 0 Å². The SMILES string of the molecule is Cc1cc(OCC2CCCC2)ncc1N. The maximum absolute atomic E-state index is 5.69. The number of pyridine rings is 1. The molecule has 3 nitrogen and oxygen atoms in total. The standard InChI is InChI=1S/C12H18N2O/c1-9-6-12(14-7-11(9)13)15-8-10-4-2-3-5-10/h6-7,10H,2-5,8,13H2,1H3. The van der Waals surface area contributed by atoms with Gasteiger partial charge in [-0.15, -0.1) is 0 Å². The summed E-state index contributed by atoms with van der Waals surface area (Å²) in [6.45, 7) is 2.77. The highest BCUT2D eigenvalue weighted by Crippen LogP contribution is 2.25. The van der Waals surface area contributed by atoms with Crippen LogP contribution in [0.2, 0.25) is 0 Å². The Hall–Kier alpha value is -1.25. The van der Waals surface area contributed by atoms with Gasteiger partial charge in [-0.1, -0.05) is 12.8 Å². The molecule has 0 unspecified atom stereocenters. The molecule has 1 aliphatic carbocycles. The maximum Gasteiger partial charge on any atom is 0.213 e. The number of anilines is 1. The zero-order chi connectivity index (χ0) is 10.7. The summed E-state index contributed by atoms with van der Waals surface area (Å²) in [5.74, 6) is 1.43. The van der Waals surface area contributed by atoms with Gasteiger partial charge >= 0.3 is 0 Å². The second-order valence-electron chi connectivity index (χ2n) is 4.34. The van der Waals surface area contributed by atoms with Gasteiger partial charge in [-0.05, 0) is 31.2 Å². The molecule has 15 heavy (non-hydrogen) atoms. The topological polar surface area (TPSA) is 48.1 Å². The molecule has 1 saturated carbocycles. The molecule has 1 aliphatic rings. The zero-order valence-electron chi connectivity index (χ0n) is 9.20. The highest BCUT2D eigenvalue weighted by molar-refractivity contribution is 5.45. The van der Waals surface area contributed by atoms with E-state index in [4.69, 9.17) is 10.5 Å². The van der Waals surface area contributed by atoms with Crippen LogP contribution >= 0.6 is 0 Å². The third-order valence-electron chi connectivity index (χ3n) is 3.07. The highest BCUT2D eigenvalue weighted by Gasteiger charge is 2.15. The first-order valence-corrected chi connectivity index (χ1v) is 5.60. The molecule has 2 rings (SSSR count). The normalized spacial score (nSPS) is 16.9. The van der Waals surface area contributed by atoms with Gasteiger partial charge in [0, 0.05) is 6.07 Å². The van der Waals surface area contributed by atoms with Gasteiger partial charge in [0.05, 0.1) is 18.5 Å². The van der Waals surface area contributed by atoms with E-state index in [-0.39, 0.29) is 0 Å². The number of nitrogens with two attached hydrogens (primary N) is 1. The Morgan fingerprint density at radius 3 is 2.87 bits per heavy atom. The minimum Gasteiger partial charge on any atom is -0.477 e. The Kier molecular flexibility index (Phi) is 3.09. The number of aryl methyl sites for hydroxylation is 1. The molecule has 82 valence electrons. The summed E-state index contributed by atoms with van der Waals surface area (Å²) in [4.78, 5) is 4.15. The summed E-state index contributed by atoms with van der Waals surface area (Å²) < 4.78 is 5.66. The van der Waals surface area contributed by atoms with Crippen LogP contribution in [-0.4, -0.2) is 11.6 Å². The van der Waals surface area contributed by atoms with Crippen LogP contribution in [0.15, 0.2) is 12.3 Å². The zero-order valence-corrected chi connectivity index (χ0v) is 9.20. The minimum absolute atomic E-state index is 0.702. The van der Waals surface area contributed by atoms with Gasteiger partial charge in [0.15, 0.2) is 0 Å². The van der Waals surface area contributed by atoms with Crippen molar-refractivity contribution in [2.45, 2.75) is 32.6 Å². The fourth-order valence-electron chi connectivity index (χ4n) is 2.00. The summed E-state index contributed by atoms with van der Waals surface area (Å²) in [6, 6.07) is 1.91. The maximum atomic E-state index is 5.69. The van der Waals surface area contributed by atoms with Crippen molar-refractivity contribution in [3.05, 3.63) is 17.8 Å². The smallest absolute Gasteiger partial charge is 0.213 e.